The van der Waals surface area contributed by atoms with E-state index in [-0.39, 0.29) is 12.1 Å². The number of nitrogens with zero attached hydrogens (tertiary/aromatic N) is 1. The van der Waals surface area contributed by atoms with Crippen molar-refractivity contribution in [3.05, 3.63) is 35.9 Å². The molecule has 1 heterocycles. The van der Waals surface area contributed by atoms with Crippen molar-refractivity contribution in [2.45, 2.75) is 32.9 Å². The minimum Gasteiger partial charge on any atom is -0.445 e. The summed E-state index contributed by atoms with van der Waals surface area (Å²) >= 11 is 0. The molecule has 1 aromatic carbocycles. The van der Waals surface area contributed by atoms with E-state index < -0.39 is 0 Å². The molecule has 0 bridgehead atoms. The van der Waals surface area contributed by atoms with Gasteiger partial charge in [-0.25, -0.2) is 4.79 Å². The molecule has 0 radical (unpaired) electrons. The predicted molar refractivity (Wildman–Crippen MR) is 79.4 cm³/mol. The third kappa shape index (κ3) is 4.23. The molecule has 0 aliphatic carbocycles. The zero-order valence-electron chi connectivity index (χ0n) is 12.3. The van der Waals surface area contributed by atoms with Gasteiger partial charge in [-0.05, 0) is 31.0 Å². The fraction of sp³-hybridized carbons (Fsp3) is 0.562. The third-order valence-electron chi connectivity index (χ3n) is 4.01. The Morgan fingerprint density at radius 3 is 2.85 bits per heavy atom. The number of carbonyl (C=O) groups is 1. The Bertz CT molecular complexity index is 422. The molecule has 4 heteroatoms. The second-order valence-corrected chi connectivity index (χ2v) is 5.47. The van der Waals surface area contributed by atoms with Crippen LogP contribution in [-0.2, 0) is 11.3 Å². The van der Waals surface area contributed by atoms with Gasteiger partial charge in [-0.1, -0.05) is 44.2 Å². The number of nitrogens with one attached hydrogen (secondary N) is 1. The number of hydrogen-bond donors (Lipinski definition) is 1. The van der Waals surface area contributed by atoms with E-state index in [9.17, 15) is 4.79 Å². The summed E-state index contributed by atoms with van der Waals surface area (Å²) in [6.45, 7) is 7.73. The van der Waals surface area contributed by atoms with Gasteiger partial charge in [0.05, 0.1) is 0 Å². The number of amides is 1. The minimum absolute atomic E-state index is 0.187. The van der Waals surface area contributed by atoms with Crippen molar-refractivity contribution in [1.82, 2.24) is 10.2 Å². The molecule has 1 N–H and O–H groups in total. The number of ether oxygens (including phenoxy) is 1. The fourth-order valence-corrected chi connectivity index (χ4v) is 2.53. The van der Waals surface area contributed by atoms with Gasteiger partial charge in [0.25, 0.3) is 0 Å². The van der Waals surface area contributed by atoms with Gasteiger partial charge >= 0.3 is 6.09 Å². The summed E-state index contributed by atoms with van der Waals surface area (Å²) in [5.41, 5.74) is 1.01. The standard InChI is InChI=1S/C16H24N2O2/c1-3-18-10-9-13(2)15(11-18)17-16(19)20-12-14-7-5-4-6-8-14/h4-8,13,15H,3,9-12H2,1-2H3,(H,17,19)/t13-,15+/m1/s1. The number of carbonyl (C=O) groups excluding carboxylic acids is 1. The van der Waals surface area contributed by atoms with Crippen LogP contribution in [0.4, 0.5) is 4.79 Å². The molecule has 1 fully saturated rings. The Labute approximate surface area is 121 Å². The topological polar surface area (TPSA) is 41.6 Å². The smallest absolute Gasteiger partial charge is 0.407 e. The zero-order chi connectivity index (χ0) is 14.4. The van der Waals surface area contributed by atoms with Crippen LogP contribution in [0.1, 0.15) is 25.8 Å². The highest BCUT2D eigenvalue weighted by molar-refractivity contribution is 5.67. The zero-order valence-corrected chi connectivity index (χ0v) is 12.3. The molecule has 0 unspecified atom stereocenters. The van der Waals surface area contributed by atoms with Crippen LogP contribution >= 0.6 is 0 Å². The Balaban J connectivity index is 1.78. The predicted octanol–water partition coefficient (Wildman–Crippen LogP) is 2.64. The van der Waals surface area contributed by atoms with E-state index in [4.69, 9.17) is 4.74 Å². The maximum Gasteiger partial charge on any atom is 0.407 e. The Morgan fingerprint density at radius 1 is 1.40 bits per heavy atom. The van der Waals surface area contributed by atoms with E-state index in [2.05, 4.69) is 24.1 Å². The minimum atomic E-state index is -0.316. The van der Waals surface area contributed by atoms with Gasteiger partial charge < -0.3 is 15.0 Å². The second-order valence-electron chi connectivity index (χ2n) is 5.47. The van der Waals surface area contributed by atoms with Gasteiger partial charge in [-0.15, -0.1) is 0 Å². The van der Waals surface area contributed by atoms with E-state index in [1.807, 2.05) is 30.3 Å². The monoisotopic (exact) mass is 276 g/mol. The van der Waals surface area contributed by atoms with Crippen LogP contribution in [0.15, 0.2) is 30.3 Å². The van der Waals surface area contributed by atoms with Gasteiger partial charge in [0.1, 0.15) is 6.61 Å². The molecule has 1 aliphatic rings. The molecular formula is C16H24N2O2. The Hall–Kier alpha value is -1.55. The van der Waals surface area contributed by atoms with Crippen LogP contribution in [0.5, 0.6) is 0 Å². The molecule has 2 atom stereocenters. The SMILES string of the molecule is CCN1CC[C@@H](C)[C@@H](NC(=O)OCc2ccccc2)C1. The molecular weight excluding hydrogens is 252 g/mol. The average Bonchev–Trinajstić information content (AvgIpc) is 2.48. The highest BCUT2D eigenvalue weighted by Crippen LogP contribution is 2.17. The molecule has 1 saturated heterocycles. The number of rotatable bonds is 4. The van der Waals surface area contributed by atoms with Crippen molar-refractivity contribution < 1.29 is 9.53 Å². The molecule has 0 aromatic heterocycles. The normalized spacial score (nSPS) is 23.3. The second kappa shape index (κ2) is 7.29. The largest absolute Gasteiger partial charge is 0.445 e. The lowest BCUT2D eigenvalue weighted by Gasteiger charge is -2.36. The van der Waals surface area contributed by atoms with Gasteiger partial charge in [0.15, 0.2) is 0 Å². The van der Waals surface area contributed by atoms with Crippen LogP contribution in [0.3, 0.4) is 0 Å². The molecule has 1 amide bonds. The molecule has 1 aromatic rings. The fourth-order valence-electron chi connectivity index (χ4n) is 2.53. The van der Waals surface area contributed by atoms with Crippen LogP contribution in [0.25, 0.3) is 0 Å². The van der Waals surface area contributed by atoms with E-state index in [1.165, 1.54) is 0 Å². The number of alkyl carbamates (subject to hydrolysis) is 1. The Kier molecular flexibility index (Phi) is 5.41. The third-order valence-corrected chi connectivity index (χ3v) is 4.01. The van der Waals surface area contributed by atoms with Crippen molar-refractivity contribution >= 4 is 6.09 Å². The maximum absolute atomic E-state index is 11.9. The van der Waals surface area contributed by atoms with Crippen molar-refractivity contribution in [2.24, 2.45) is 5.92 Å². The number of hydrogen-bond acceptors (Lipinski definition) is 3. The van der Waals surface area contributed by atoms with E-state index >= 15 is 0 Å². The first-order chi connectivity index (χ1) is 9.69. The number of likely N-dealkylation sites (N-methyl/N-ethyl adjacent to an activating group) is 1. The summed E-state index contributed by atoms with van der Waals surface area (Å²) < 4.78 is 5.28. The molecule has 1 aliphatic heterocycles. The summed E-state index contributed by atoms with van der Waals surface area (Å²) in [5.74, 6) is 0.502. The van der Waals surface area contributed by atoms with E-state index in [0.29, 0.717) is 12.5 Å². The van der Waals surface area contributed by atoms with Crippen LogP contribution in [-0.4, -0.2) is 36.7 Å². The summed E-state index contributed by atoms with van der Waals surface area (Å²) in [6.07, 6.45) is 0.806. The molecule has 110 valence electrons. The Morgan fingerprint density at radius 2 is 2.15 bits per heavy atom. The molecule has 2 rings (SSSR count). The van der Waals surface area contributed by atoms with Gasteiger partial charge in [0, 0.05) is 12.6 Å². The molecule has 0 spiro atoms. The maximum atomic E-state index is 11.9. The summed E-state index contributed by atoms with van der Waals surface area (Å²) in [7, 11) is 0. The number of likely N-dealkylation sites (tertiary alicyclic amines) is 1. The van der Waals surface area contributed by atoms with Gasteiger partial charge in [-0.2, -0.15) is 0 Å². The van der Waals surface area contributed by atoms with E-state index in [1.54, 1.807) is 0 Å². The first kappa shape index (κ1) is 14.9. The average molecular weight is 276 g/mol. The quantitative estimate of drug-likeness (QED) is 0.919. The summed E-state index contributed by atoms with van der Waals surface area (Å²) in [4.78, 5) is 14.2. The highest BCUT2D eigenvalue weighted by Gasteiger charge is 2.26. The number of benzene rings is 1. The summed E-state index contributed by atoms with van der Waals surface area (Å²) in [5, 5.41) is 3.00. The van der Waals surface area contributed by atoms with E-state index in [0.717, 1.165) is 31.6 Å². The van der Waals surface area contributed by atoms with Crippen molar-refractivity contribution in [1.29, 1.82) is 0 Å². The van der Waals surface area contributed by atoms with Crippen LogP contribution < -0.4 is 5.32 Å². The van der Waals surface area contributed by atoms with Crippen molar-refractivity contribution in [3.8, 4) is 0 Å². The molecule has 0 saturated carbocycles. The number of piperidine rings is 1. The van der Waals surface area contributed by atoms with Crippen LogP contribution in [0.2, 0.25) is 0 Å². The van der Waals surface area contributed by atoms with Gasteiger partial charge in [0.2, 0.25) is 0 Å². The van der Waals surface area contributed by atoms with Crippen molar-refractivity contribution in [2.75, 3.05) is 19.6 Å². The van der Waals surface area contributed by atoms with Gasteiger partial charge in [-0.3, -0.25) is 0 Å². The first-order valence-corrected chi connectivity index (χ1v) is 7.38. The highest BCUT2D eigenvalue weighted by atomic mass is 16.5. The summed E-state index contributed by atoms with van der Waals surface area (Å²) in [6, 6.07) is 9.93. The lowest BCUT2D eigenvalue weighted by molar-refractivity contribution is 0.112. The first-order valence-electron chi connectivity index (χ1n) is 7.38. The molecule has 20 heavy (non-hydrogen) atoms. The lowest BCUT2D eigenvalue weighted by Crippen LogP contribution is -2.51. The molecule has 4 nitrogen and oxygen atoms in total. The van der Waals surface area contributed by atoms with Crippen LogP contribution in [0, 0.1) is 5.92 Å². The van der Waals surface area contributed by atoms with Crippen molar-refractivity contribution in [3.63, 3.8) is 0 Å². The lowest BCUT2D eigenvalue weighted by atomic mass is 9.93.